The highest BCUT2D eigenvalue weighted by Crippen LogP contribution is 2.28. The van der Waals surface area contributed by atoms with Crippen molar-refractivity contribution in [3.63, 3.8) is 0 Å². The van der Waals surface area contributed by atoms with Crippen LogP contribution < -0.4 is 15.8 Å². The third-order valence-corrected chi connectivity index (χ3v) is 3.73. The Morgan fingerprint density at radius 1 is 1.12 bits per heavy atom. The lowest BCUT2D eigenvalue weighted by molar-refractivity contribution is 0.654. The molecular weight excluding hydrogens is 250 g/mol. The quantitative estimate of drug-likeness (QED) is 0.813. The summed E-state index contributed by atoms with van der Waals surface area (Å²) in [5.74, 6) is 0. The summed E-state index contributed by atoms with van der Waals surface area (Å²) in [6, 6.07) is 14.3. The van der Waals surface area contributed by atoms with E-state index in [1.54, 1.807) is 11.3 Å². The molecule has 0 bridgehead atoms. The van der Waals surface area contributed by atoms with E-state index in [0.29, 0.717) is 5.11 Å². The van der Waals surface area contributed by atoms with Crippen molar-refractivity contribution in [2.24, 2.45) is 0 Å². The Kier molecular flexibility index (Phi) is 2.70. The minimum atomic E-state index is 0.0740. The lowest BCUT2D eigenvalue weighted by Crippen LogP contribution is -2.33. The number of hydrogen-bond donors (Lipinski definition) is 2. The Bertz CT molecular complexity index is 510. The number of anilines is 1. The van der Waals surface area contributed by atoms with E-state index in [2.05, 4.69) is 34.3 Å². The summed E-state index contributed by atoms with van der Waals surface area (Å²) < 4.78 is 0. The predicted octanol–water partition coefficient (Wildman–Crippen LogP) is 2.65. The zero-order valence-corrected chi connectivity index (χ0v) is 10.6. The second-order valence-electron chi connectivity index (χ2n) is 3.71. The summed E-state index contributed by atoms with van der Waals surface area (Å²) in [4.78, 5) is 1.24. The van der Waals surface area contributed by atoms with Crippen LogP contribution in [0.5, 0.6) is 0 Å². The van der Waals surface area contributed by atoms with Crippen LogP contribution >= 0.6 is 23.6 Å². The van der Waals surface area contributed by atoms with Crippen molar-refractivity contribution in [3.05, 3.63) is 52.7 Å². The molecule has 0 amide bonds. The molecule has 3 rings (SSSR count). The Labute approximate surface area is 109 Å². The van der Waals surface area contributed by atoms with Gasteiger partial charge in [0.05, 0.1) is 5.69 Å². The molecule has 0 unspecified atom stereocenters. The van der Waals surface area contributed by atoms with Gasteiger partial charge >= 0.3 is 0 Å². The highest BCUT2D eigenvalue weighted by Gasteiger charge is 2.29. The number of hydrazine groups is 1. The summed E-state index contributed by atoms with van der Waals surface area (Å²) in [6.07, 6.45) is 0.0740. The van der Waals surface area contributed by atoms with Crippen LogP contribution in [0, 0.1) is 0 Å². The zero-order chi connectivity index (χ0) is 11.7. The fraction of sp³-hybridized carbons (Fsp3) is 0.0833. The van der Waals surface area contributed by atoms with Crippen molar-refractivity contribution in [1.82, 2.24) is 10.7 Å². The molecule has 1 atom stereocenters. The van der Waals surface area contributed by atoms with Crippen LogP contribution in [0.4, 0.5) is 5.69 Å². The number of nitrogens with zero attached hydrogens (tertiary/aromatic N) is 1. The molecule has 1 aliphatic rings. The molecule has 5 heteroatoms. The van der Waals surface area contributed by atoms with Crippen LogP contribution in [0.1, 0.15) is 11.0 Å². The van der Waals surface area contributed by atoms with Crippen LogP contribution in [-0.4, -0.2) is 5.11 Å². The van der Waals surface area contributed by atoms with Gasteiger partial charge in [-0.25, -0.2) is 0 Å². The SMILES string of the molecule is S=C1N[C@H](c2cccs2)N(c2ccccc2)N1. The van der Waals surface area contributed by atoms with Gasteiger partial charge in [0.15, 0.2) is 11.3 Å². The van der Waals surface area contributed by atoms with Crippen LogP contribution in [0.3, 0.4) is 0 Å². The number of thiocarbonyl (C=S) groups is 1. The standard InChI is InChI=1S/C12H11N3S2/c16-12-13-11(10-7-4-8-17-10)15(14-12)9-5-2-1-3-6-9/h1-8,11H,(H2,13,14,16)/t11-/m0/s1. The first-order valence-electron chi connectivity index (χ1n) is 5.29. The molecule has 1 aromatic heterocycles. The Balaban J connectivity index is 1.95. The van der Waals surface area contributed by atoms with Crippen LogP contribution in [-0.2, 0) is 0 Å². The largest absolute Gasteiger partial charge is 0.335 e. The molecule has 1 fully saturated rings. The lowest BCUT2D eigenvalue weighted by Gasteiger charge is -2.23. The molecule has 17 heavy (non-hydrogen) atoms. The van der Waals surface area contributed by atoms with Crippen LogP contribution in [0.25, 0.3) is 0 Å². The van der Waals surface area contributed by atoms with Gasteiger partial charge in [-0.2, -0.15) is 0 Å². The average Bonchev–Trinajstić information content (AvgIpc) is 2.98. The molecule has 2 aromatic rings. The number of nitrogens with one attached hydrogen (secondary N) is 2. The minimum Gasteiger partial charge on any atom is -0.335 e. The van der Waals surface area contributed by atoms with Gasteiger partial charge in [0.2, 0.25) is 0 Å². The molecule has 86 valence electrons. The van der Waals surface area contributed by atoms with Crippen molar-refractivity contribution in [3.8, 4) is 0 Å². The maximum atomic E-state index is 5.19. The third-order valence-electron chi connectivity index (χ3n) is 2.60. The maximum absolute atomic E-state index is 5.19. The molecule has 0 saturated carbocycles. The Morgan fingerprint density at radius 2 is 1.94 bits per heavy atom. The first kappa shape index (κ1) is 10.6. The van der Waals surface area contributed by atoms with E-state index in [-0.39, 0.29) is 6.17 Å². The second-order valence-corrected chi connectivity index (χ2v) is 5.10. The van der Waals surface area contributed by atoms with Gasteiger partial charge in [0.25, 0.3) is 0 Å². The summed E-state index contributed by atoms with van der Waals surface area (Å²) in [7, 11) is 0. The van der Waals surface area contributed by atoms with E-state index in [9.17, 15) is 0 Å². The van der Waals surface area contributed by atoms with Crippen LogP contribution in [0.15, 0.2) is 47.8 Å². The molecule has 2 heterocycles. The fourth-order valence-electron chi connectivity index (χ4n) is 1.84. The normalized spacial score (nSPS) is 18.9. The zero-order valence-electron chi connectivity index (χ0n) is 8.96. The Hall–Kier alpha value is -1.59. The summed E-state index contributed by atoms with van der Waals surface area (Å²) in [5, 5.41) is 8.04. The van der Waals surface area contributed by atoms with Gasteiger partial charge in [0.1, 0.15) is 0 Å². The van der Waals surface area contributed by atoms with Gasteiger partial charge < -0.3 is 5.32 Å². The molecular formula is C12H11N3S2. The van der Waals surface area contributed by atoms with E-state index in [1.807, 2.05) is 29.3 Å². The topological polar surface area (TPSA) is 27.3 Å². The molecule has 1 aromatic carbocycles. The monoisotopic (exact) mass is 261 g/mol. The van der Waals surface area contributed by atoms with E-state index in [1.165, 1.54) is 4.88 Å². The van der Waals surface area contributed by atoms with E-state index in [4.69, 9.17) is 12.2 Å². The van der Waals surface area contributed by atoms with Gasteiger partial charge in [-0.15, -0.1) is 11.3 Å². The fourth-order valence-corrected chi connectivity index (χ4v) is 2.82. The number of thiophene rings is 1. The van der Waals surface area contributed by atoms with Crippen molar-refractivity contribution in [2.75, 3.05) is 5.01 Å². The van der Waals surface area contributed by atoms with Crippen molar-refractivity contribution in [1.29, 1.82) is 0 Å². The first-order valence-corrected chi connectivity index (χ1v) is 6.58. The molecule has 3 nitrogen and oxygen atoms in total. The second kappa shape index (κ2) is 4.35. The summed E-state index contributed by atoms with van der Waals surface area (Å²) in [5.41, 5.74) is 4.26. The van der Waals surface area contributed by atoms with Gasteiger partial charge in [-0.1, -0.05) is 24.3 Å². The molecule has 0 aliphatic carbocycles. The Morgan fingerprint density at radius 3 is 2.65 bits per heavy atom. The molecule has 2 N–H and O–H groups in total. The highest BCUT2D eigenvalue weighted by molar-refractivity contribution is 7.80. The smallest absolute Gasteiger partial charge is 0.187 e. The average molecular weight is 261 g/mol. The molecule has 0 spiro atoms. The number of hydrogen-bond acceptors (Lipinski definition) is 3. The van der Waals surface area contributed by atoms with E-state index < -0.39 is 0 Å². The third kappa shape index (κ3) is 1.99. The summed E-state index contributed by atoms with van der Waals surface area (Å²) in [6.45, 7) is 0. The van der Waals surface area contributed by atoms with Crippen molar-refractivity contribution >= 4 is 34.4 Å². The number of para-hydroxylation sites is 1. The lowest BCUT2D eigenvalue weighted by atomic mass is 10.3. The highest BCUT2D eigenvalue weighted by atomic mass is 32.1. The molecule has 1 aliphatic heterocycles. The van der Waals surface area contributed by atoms with E-state index >= 15 is 0 Å². The van der Waals surface area contributed by atoms with Crippen molar-refractivity contribution < 1.29 is 0 Å². The van der Waals surface area contributed by atoms with Crippen molar-refractivity contribution in [2.45, 2.75) is 6.17 Å². The summed E-state index contributed by atoms with van der Waals surface area (Å²) >= 11 is 6.90. The predicted molar refractivity (Wildman–Crippen MR) is 74.9 cm³/mol. The number of benzene rings is 1. The van der Waals surface area contributed by atoms with Gasteiger partial charge in [0, 0.05) is 4.88 Å². The minimum absolute atomic E-state index is 0.0740. The maximum Gasteiger partial charge on any atom is 0.187 e. The number of rotatable bonds is 2. The van der Waals surface area contributed by atoms with E-state index in [0.717, 1.165) is 5.69 Å². The molecule has 0 radical (unpaired) electrons. The van der Waals surface area contributed by atoms with Gasteiger partial charge in [-0.3, -0.25) is 10.4 Å². The molecule has 1 saturated heterocycles. The first-order chi connectivity index (χ1) is 8.34. The van der Waals surface area contributed by atoms with Crippen LogP contribution in [0.2, 0.25) is 0 Å². The van der Waals surface area contributed by atoms with Gasteiger partial charge in [-0.05, 0) is 35.8 Å².